The highest BCUT2D eigenvalue weighted by molar-refractivity contribution is 5.91. The van der Waals surface area contributed by atoms with Crippen LogP contribution in [0.15, 0.2) is 23.3 Å². The average Bonchev–Trinajstić information content (AvgIpc) is 3.26. The molecule has 0 radical (unpaired) electrons. The predicted molar refractivity (Wildman–Crippen MR) is 103 cm³/mol. The lowest BCUT2D eigenvalue weighted by Gasteiger charge is -2.32. The molecule has 1 saturated heterocycles. The number of urea groups is 1. The summed E-state index contributed by atoms with van der Waals surface area (Å²) in [6, 6.07) is 3.68. The Kier molecular flexibility index (Phi) is 4.97. The van der Waals surface area contributed by atoms with Crippen molar-refractivity contribution in [3.8, 4) is 11.5 Å². The Morgan fingerprint density at radius 1 is 1.39 bits per heavy atom. The number of anilines is 1. The summed E-state index contributed by atoms with van der Waals surface area (Å²) in [5.41, 5.74) is 1.50. The van der Waals surface area contributed by atoms with E-state index < -0.39 is 0 Å². The van der Waals surface area contributed by atoms with E-state index in [0.29, 0.717) is 44.0 Å². The van der Waals surface area contributed by atoms with E-state index in [-0.39, 0.29) is 23.9 Å². The first kappa shape index (κ1) is 18.4. The molecule has 0 aliphatic carbocycles. The second-order valence-corrected chi connectivity index (χ2v) is 7.24. The lowest BCUT2D eigenvalue weighted by molar-refractivity contribution is 0.183. The number of fused-ring (bicyclic) bond motifs is 1. The van der Waals surface area contributed by atoms with E-state index in [9.17, 15) is 9.59 Å². The van der Waals surface area contributed by atoms with E-state index in [4.69, 9.17) is 9.47 Å². The summed E-state index contributed by atoms with van der Waals surface area (Å²) in [5, 5.41) is 9.15. The van der Waals surface area contributed by atoms with E-state index in [2.05, 4.69) is 15.5 Å². The highest BCUT2D eigenvalue weighted by Crippen LogP contribution is 2.38. The molecule has 2 aromatic rings. The van der Waals surface area contributed by atoms with Gasteiger partial charge in [-0.25, -0.2) is 14.7 Å². The van der Waals surface area contributed by atoms with Gasteiger partial charge in [0.15, 0.2) is 0 Å². The normalized spacial score (nSPS) is 19.2. The molecule has 2 aliphatic heterocycles. The number of aromatic amines is 1. The zero-order valence-electron chi connectivity index (χ0n) is 16.1. The fraction of sp³-hybridized carbons (Fsp3) is 0.526. The van der Waals surface area contributed by atoms with Crippen molar-refractivity contribution in [1.82, 2.24) is 19.7 Å². The van der Waals surface area contributed by atoms with Crippen LogP contribution in [0.4, 0.5) is 10.5 Å². The Balaban J connectivity index is 1.43. The fourth-order valence-corrected chi connectivity index (χ4v) is 3.87. The van der Waals surface area contributed by atoms with Crippen molar-refractivity contribution in [2.24, 2.45) is 0 Å². The third-order valence-electron chi connectivity index (χ3n) is 5.26. The van der Waals surface area contributed by atoms with E-state index in [0.717, 1.165) is 17.7 Å². The fourth-order valence-electron chi connectivity index (χ4n) is 3.87. The number of hydrogen-bond acceptors (Lipinski definition) is 5. The second-order valence-electron chi connectivity index (χ2n) is 7.24. The van der Waals surface area contributed by atoms with Gasteiger partial charge in [-0.05, 0) is 32.8 Å². The molecule has 3 heterocycles. The van der Waals surface area contributed by atoms with Gasteiger partial charge in [-0.2, -0.15) is 5.10 Å². The number of aromatic nitrogens is 3. The molecule has 2 aliphatic rings. The molecule has 1 atom stereocenters. The number of H-pyrrole nitrogens is 1. The molecule has 28 heavy (non-hydrogen) atoms. The number of hydrogen-bond donors (Lipinski definition) is 2. The SMILES string of the molecule is CCOc1cc2c(cc1NC(=O)N1CCC(n3cn[nH]c3=O)CC1)OC(C)C2. The summed E-state index contributed by atoms with van der Waals surface area (Å²) in [6.45, 7) is 5.59. The molecule has 0 saturated carbocycles. The minimum absolute atomic E-state index is 0.0594. The minimum Gasteiger partial charge on any atom is -0.492 e. The van der Waals surface area contributed by atoms with Gasteiger partial charge in [0.2, 0.25) is 0 Å². The number of piperidine rings is 1. The summed E-state index contributed by atoms with van der Waals surface area (Å²) in [6.07, 6.45) is 3.89. The molecule has 2 amide bonds. The highest BCUT2D eigenvalue weighted by atomic mass is 16.5. The zero-order valence-corrected chi connectivity index (χ0v) is 16.1. The minimum atomic E-state index is -0.211. The van der Waals surface area contributed by atoms with Crippen molar-refractivity contribution in [2.75, 3.05) is 25.0 Å². The molecule has 9 heteroatoms. The molecule has 0 spiro atoms. The number of benzene rings is 1. The van der Waals surface area contributed by atoms with Gasteiger partial charge < -0.3 is 19.7 Å². The summed E-state index contributed by atoms with van der Waals surface area (Å²) in [5.74, 6) is 1.46. The molecular formula is C19H25N5O4. The highest BCUT2D eigenvalue weighted by Gasteiger charge is 2.27. The van der Waals surface area contributed by atoms with Crippen LogP contribution in [0.25, 0.3) is 0 Å². The van der Waals surface area contributed by atoms with Crippen LogP contribution < -0.4 is 20.5 Å². The Bertz CT molecular complexity index is 913. The van der Waals surface area contributed by atoms with Gasteiger partial charge in [0, 0.05) is 37.2 Å². The summed E-state index contributed by atoms with van der Waals surface area (Å²) in [4.78, 5) is 26.3. The Morgan fingerprint density at radius 3 is 2.86 bits per heavy atom. The molecule has 0 bridgehead atoms. The molecule has 9 nitrogen and oxygen atoms in total. The zero-order chi connectivity index (χ0) is 19.7. The lowest BCUT2D eigenvalue weighted by atomic mass is 10.1. The third kappa shape index (κ3) is 3.56. The van der Waals surface area contributed by atoms with Crippen molar-refractivity contribution < 1.29 is 14.3 Å². The smallest absolute Gasteiger partial charge is 0.343 e. The van der Waals surface area contributed by atoms with Crippen molar-refractivity contribution in [3.05, 3.63) is 34.5 Å². The summed E-state index contributed by atoms with van der Waals surface area (Å²) < 4.78 is 13.1. The molecule has 4 rings (SSSR count). The van der Waals surface area contributed by atoms with Gasteiger partial charge in [0.1, 0.15) is 23.9 Å². The first-order chi connectivity index (χ1) is 13.5. The predicted octanol–water partition coefficient (Wildman–Crippen LogP) is 2.16. The number of ether oxygens (including phenoxy) is 2. The number of likely N-dealkylation sites (tertiary alicyclic amines) is 1. The van der Waals surface area contributed by atoms with E-state index in [1.165, 1.54) is 6.33 Å². The maximum Gasteiger partial charge on any atom is 0.343 e. The second kappa shape index (κ2) is 7.57. The maximum absolute atomic E-state index is 12.8. The first-order valence-corrected chi connectivity index (χ1v) is 9.69. The van der Waals surface area contributed by atoms with Crippen molar-refractivity contribution in [2.45, 2.75) is 45.3 Å². The van der Waals surface area contributed by atoms with Gasteiger partial charge in [0.05, 0.1) is 12.3 Å². The molecule has 1 unspecified atom stereocenters. The Hall–Kier alpha value is -2.97. The van der Waals surface area contributed by atoms with Gasteiger partial charge in [-0.3, -0.25) is 4.57 Å². The standard InChI is InChI=1S/C19H25N5O4/c1-3-27-17-9-13-8-12(2)28-16(13)10-15(17)21-18(25)23-6-4-14(5-7-23)24-11-20-22-19(24)26/h9-12,14H,3-8H2,1-2H3,(H,21,25)(H,22,26). The molecule has 1 fully saturated rings. The topological polar surface area (TPSA) is 101 Å². The van der Waals surface area contributed by atoms with Crippen LogP contribution in [0.2, 0.25) is 0 Å². The number of nitrogens with zero attached hydrogens (tertiary/aromatic N) is 3. The van der Waals surface area contributed by atoms with Crippen LogP contribution in [-0.2, 0) is 6.42 Å². The number of amides is 2. The van der Waals surface area contributed by atoms with Crippen LogP contribution in [0.1, 0.15) is 38.3 Å². The van der Waals surface area contributed by atoms with Crippen LogP contribution in [0.3, 0.4) is 0 Å². The molecule has 150 valence electrons. The molecule has 1 aromatic heterocycles. The van der Waals surface area contributed by atoms with E-state index in [1.54, 1.807) is 9.47 Å². The van der Waals surface area contributed by atoms with Gasteiger partial charge in [-0.15, -0.1) is 0 Å². The van der Waals surface area contributed by atoms with Crippen molar-refractivity contribution in [3.63, 3.8) is 0 Å². The van der Waals surface area contributed by atoms with Gasteiger partial charge in [0.25, 0.3) is 0 Å². The van der Waals surface area contributed by atoms with Crippen LogP contribution in [0, 0.1) is 0 Å². The molecule has 2 N–H and O–H groups in total. The quantitative estimate of drug-likeness (QED) is 0.837. The van der Waals surface area contributed by atoms with Crippen LogP contribution in [-0.4, -0.2) is 51.5 Å². The maximum atomic E-state index is 12.8. The Morgan fingerprint density at radius 2 is 2.18 bits per heavy atom. The van der Waals surface area contributed by atoms with Crippen LogP contribution in [0.5, 0.6) is 11.5 Å². The number of carbonyl (C=O) groups excluding carboxylic acids is 1. The monoisotopic (exact) mass is 387 g/mol. The Labute approximate surface area is 162 Å². The van der Waals surface area contributed by atoms with Crippen molar-refractivity contribution in [1.29, 1.82) is 0 Å². The number of nitrogens with one attached hydrogen (secondary N) is 2. The van der Waals surface area contributed by atoms with E-state index in [1.807, 2.05) is 26.0 Å². The van der Waals surface area contributed by atoms with Crippen molar-refractivity contribution >= 4 is 11.7 Å². The molecule has 1 aromatic carbocycles. The lowest BCUT2D eigenvalue weighted by Crippen LogP contribution is -2.42. The third-order valence-corrected chi connectivity index (χ3v) is 5.26. The van der Waals surface area contributed by atoms with Gasteiger partial charge in [-0.1, -0.05) is 0 Å². The van der Waals surface area contributed by atoms with Gasteiger partial charge >= 0.3 is 11.7 Å². The summed E-state index contributed by atoms with van der Waals surface area (Å²) >= 11 is 0. The van der Waals surface area contributed by atoms with Crippen LogP contribution >= 0.6 is 0 Å². The summed E-state index contributed by atoms with van der Waals surface area (Å²) in [7, 11) is 0. The molecular weight excluding hydrogens is 362 g/mol. The average molecular weight is 387 g/mol. The number of carbonyl (C=O) groups is 1. The number of rotatable bonds is 4. The first-order valence-electron chi connectivity index (χ1n) is 9.69. The van der Waals surface area contributed by atoms with E-state index >= 15 is 0 Å². The largest absolute Gasteiger partial charge is 0.492 e.